The quantitative estimate of drug-likeness (QED) is 0.918. The summed E-state index contributed by atoms with van der Waals surface area (Å²) in [6.07, 6.45) is 3.16. The third kappa shape index (κ3) is 2.75. The van der Waals surface area contributed by atoms with Gasteiger partial charge in [0.2, 0.25) is 0 Å². The van der Waals surface area contributed by atoms with Crippen LogP contribution in [-0.4, -0.2) is 38.1 Å². The van der Waals surface area contributed by atoms with Gasteiger partial charge in [-0.05, 0) is 26.0 Å². The van der Waals surface area contributed by atoms with E-state index in [2.05, 4.69) is 11.9 Å². The Kier molecular flexibility index (Phi) is 5.33. The summed E-state index contributed by atoms with van der Waals surface area (Å²) in [5.74, 6) is -0.790. The molecule has 1 saturated carbocycles. The highest BCUT2D eigenvalue weighted by molar-refractivity contribution is 5.93. The number of carbonyl (C=O) groups excluding carboxylic acids is 1. The number of amides is 1. The lowest BCUT2D eigenvalue weighted by atomic mass is 9.62. The van der Waals surface area contributed by atoms with E-state index in [1.54, 1.807) is 19.2 Å². The number of halogens is 2. The van der Waals surface area contributed by atoms with Gasteiger partial charge in [-0.25, -0.2) is 4.39 Å². The Morgan fingerprint density at radius 2 is 1.96 bits per heavy atom. The maximum atomic E-state index is 14.9. The first-order valence-corrected chi connectivity index (χ1v) is 7.83. The summed E-state index contributed by atoms with van der Waals surface area (Å²) in [5.41, 5.74) is 5.10. The summed E-state index contributed by atoms with van der Waals surface area (Å²) in [6.45, 7) is 1.76. The molecule has 1 aliphatic carbocycles. The lowest BCUT2D eigenvalue weighted by Crippen LogP contribution is -2.58. The predicted molar refractivity (Wildman–Crippen MR) is 89.2 cm³/mol. The van der Waals surface area contributed by atoms with Crippen molar-refractivity contribution in [2.45, 2.75) is 24.9 Å². The Bertz CT molecular complexity index is 582. The van der Waals surface area contributed by atoms with E-state index in [0.29, 0.717) is 5.56 Å². The number of ether oxygens (including phenoxy) is 1. The molecule has 1 heterocycles. The molecule has 2 N–H and O–H groups in total. The Labute approximate surface area is 142 Å². The highest BCUT2D eigenvalue weighted by Gasteiger charge is 2.53. The van der Waals surface area contributed by atoms with Crippen molar-refractivity contribution in [3.8, 4) is 0 Å². The summed E-state index contributed by atoms with van der Waals surface area (Å²) in [5, 5.41) is 0. The first-order chi connectivity index (χ1) is 10.5. The summed E-state index contributed by atoms with van der Waals surface area (Å²) in [6, 6.07) is 4.89. The number of rotatable bonds is 3. The number of primary amides is 1. The molecule has 0 unspecified atom stereocenters. The fourth-order valence-electron chi connectivity index (χ4n) is 4.56. The van der Waals surface area contributed by atoms with E-state index < -0.39 is 17.3 Å². The van der Waals surface area contributed by atoms with E-state index >= 15 is 0 Å². The Hall–Kier alpha value is -1.17. The van der Waals surface area contributed by atoms with Crippen LogP contribution in [0, 0.1) is 17.7 Å². The van der Waals surface area contributed by atoms with Gasteiger partial charge in [-0.3, -0.25) is 4.79 Å². The summed E-state index contributed by atoms with van der Waals surface area (Å²) in [7, 11) is 3.76. The van der Waals surface area contributed by atoms with Crippen LogP contribution in [0.2, 0.25) is 0 Å². The van der Waals surface area contributed by atoms with Crippen molar-refractivity contribution in [2.75, 3.05) is 27.2 Å². The van der Waals surface area contributed by atoms with Crippen molar-refractivity contribution < 1.29 is 13.9 Å². The van der Waals surface area contributed by atoms with Crippen LogP contribution >= 0.6 is 12.4 Å². The number of hydrogen-bond acceptors (Lipinski definition) is 3. The van der Waals surface area contributed by atoms with Crippen molar-refractivity contribution in [1.82, 2.24) is 4.90 Å². The number of fused-ring (bicyclic) bond motifs is 2. The topological polar surface area (TPSA) is 55.6 Å². The number of carbonyl (C=O) groups is 1. The fourth-order valence-corrected chi connectivity index (χ4v) is 4.56. The van der Waals surface area contributed by atoms with Crippen molar-refractivity contribution in [2.24, 2.45) is 17.6 Å². The van der Waals surface area contributed by atoms with Gasteiger partial charge < -0.3 is 15.4 Å². The molecule has 1 aromatic carbocycles. The maximum Gasteiger partial charge on any atom is 0.251 e. The molecule has 3 atom stereocenters. The lowest BCUT2D eigenvalue weighted by molar-refractivity contribution is -0.167. The smallest absolute Gasteiger partial charge is 0.251 e. The van der Waals surface area contributed by atoms with Crippen LogP contribution in [0.15, 0.2) is 18.2 Å². The number of methoxy groups -OCH3 is 1. The van der Waals surface area contributed by atoms with Gasteiger partial charge in [-0.1, -0.05) is 18.6 Å². The van der Waals surface area contributed by atoms with Crippen molar-refractivity contribution in [3.63, 3.8) is 0 Å². The molecule has 1 amide bonds. The van der Waals surface area contributed by atoms with E-state index in [-0.39, 0.29) is 29.8 Å². The molecule has 0 spiro atoms. The van der Waals surface area contributed by atoms with Crippen LogP contribution in [0.1, 0.15) is 35.2 Å². The van der Waals surface area contributed by atoms with Gasteiger partial charge in [-0.15, -0.1) is 12.4 Å². The second kappa shape index (κ2) is 6.75. The molecule has 4 nitrogen and oxygen atoms in total. The van der Waals surface area contributed by atoms with E-state index in [0.717, 1.165) is 32.4 Å². The third-order valence-electron chi connectivity index (χ3n) is 5.41. The zero-order chi connectivity index (χ0) is 15.9. The molecule has 6 heteroatoms. The monoisotopic (exact) mass is 342 g/mol. The normalized spacial score (nSPS) is 30.6. The predicted octanol–water partition coefficient (Wildman–Crippen LogP) is 2.55. The number of piperidine rings is 1. The SMILES string of the molecule is CO[C@]1(c2cccc(C(N)=O)c2F)[C@@H]2CCC[C@H]1CN(C)C2.Cl. The molecule has 2 fully saturated rings. The second-order valence-corrected chi connectivity index (χ2v) is 6.57. The molecule has 0 aromatic heterocycles. The largest absolute Gasteiger partial charge is 0.373 e. The highest BCUT2D eigenvalue weighted by atomic mass is 35.5. The minimum atomic E-state index is -0.733. The van der Waals surface area contributed by atoms with Crippen LogP contribution in [0.5, 0.6) is 0 Å². The van der Waals surface area contributed by atoms with Gasteiger partial charge in [0.05, 0.1) is 5.56 Å². The fraction of sp³-hybridized carbons (Fsp3) is 0.588. The van der Waals surface area contributed by atoms with Gasteiger partial charge >= 0.3 is 0 Å². The summed E-state index contributed by atoms with van der Waals surface area (Å²) < 4.78 is 20.9. The van der Waals surface area contributed by atoms with Gasteiger partial charge in [0.15, 0.2) is 0 Å². The minimum absolute atomic E-state index is 0. The standard InChI is InChI=1S/C17H23FN2O2.ClH/c1-20-9-11-5-3-6-12(10-20)17(11,22-2)14-8-4-7-13(15(14)18)16(19)21;/h4,7-8,11-12H,3,5-6,9-10H2,1-2H3,(H2,19,21);1H/t11-,12+,17-;. The van der Waals surface area contributed by atoms with E-state index in [1.807, 2.05) is 0 Å². The molecule has 0 radical (unpaired) electrons. The number of hydrogen-bond donors (Lipinski definition) is 1. The Morgan fingerprint density at radius 3 is 2.48 bits per heavy atom. The third-order valence-corrected chi connectivity index (χ3v) is 5.41. The van der Waals surface area contributed by atoms with Crippen LogP contribution in [0.3, 0.4) is 0 Å². The average Bonchev–Trinajstić information content (AvgIpc) is 2.46. The molecular weight excluding hydrogens is 319 g/mol. The maximum absolute atomic E-state index is 14.9. The summed E-state index contributed by atoms with van der Waals surface area (Å²) >= 11 is 0. The zero-order valence-electron chi connectivity index (χ0n) is 13.5. The molecule has 2 aliphatic rings. The van der Waals surface area contributed by atoms with Gasteiger partial charge in [-0.2, -0.15) is 0 Å². The molecule has 1 saturated heterocycles. The molecule has 1 aromatic rings. The second-order valence-electron chi connectivity index (χ2n) is 6.57. The van der Waals surface area contributed by atoms with Crippen molar-refractivity contribution in [3.05, 3.63) is 35.1 Å². The van der Waals surface area contributed by atoms with Crippen LogP contribution < -0.4 is 5.73 Å². The lowest BCUT2D eigenvalue weighted by Gasteiger charge is -2.54. The number of nitrogens with two attached hydrogens (primary N) is 1. The first kappa shape index (κ1) is 18.2. The minimum Gasteiger partial charge on any atom is -0.373 e. The molecular formula is C17H24ClFN2O2. The number of likely N-dealkylation sites (tertiary alicyclic amines) is 1. The molecule has 128 valence electrons. The molecule has 1 aliphatic heterocycles. The van der Waals surface area contributed by atoms with E-state index in [1.165, 1.54) is 6.07 Å². The average molecular weight is 343 g/mol. The van der Waals surface area contributed by atoms with Crippen molar-refractivity contribution >= 4 is 18.3 Å². The number of benzene rings is 1. The molecule has 23 heavy (non-hydrogen) atoms. The number of nitrogens with zero attached hydrogens (tertiary/aromatic N) is 1. The van der Waals surface area contributed by atoms with Gasteiger partial charge in [0.25, 0.3) is 5.91 Å². The van der Waals surface area contributed by atoms with E-state index in [4.69, 9.17) is 10.5 Å². The molecule has 2 bridgehead atoms. The Balaban J connectivity index is 0.00000192. The Morgan fingerprint density at radius 1 is 1.35 bits per heavy atom. The van der Waals surface area contributed by atoms with Gasteiger partial charge in [0, 0.05) is 37.6 Å². The van der Waals surface area contributed by atoms with Crippen molar-refractivity contribution in [1.29, 1.82) is 0 Å². The highest BCUT2D eigenvalue weighted by Crippen LogP contribution is 2.52. The van der Waals surface area contributed by atoms with Crippen LogP contribution in [-0.2, 0) is 10.3 Å². The van der Waals surface area contributed by atoms with E-state index in [9.17, 15) is 9.18 Å². The molecule has 3 rings (SSSR count). The first-order valence-electron chi connectivity index (χ1n) is 7.83. The zero-order valence-corrected chi connectivity index (χ0v) is 14.4. The van der Waals surface area contributed by atoms with Gasteiger partial charge in [0.1, 0.15) is 11.4 Å². The van der Waals surface area contributed by atoms with Crippen LogP contribution in [0.25, 0.3) is 0 Å². The summed E-state index contributed by atoms with van der Waals surface area (Å²) in [4.78, 5) is 13.8. The van der Waals surface area contributed by atoms with Crippen LogP contribution in [0.4, 0.5) is 4.39 Å².